The zero-order valence-electron chi connectivity index (χ0n) is 17.7. The molecular weight excluding hydrogens is 370 g/mol. The highest BCUT2D eigenvalue weighted by Crippen LogP contribution is 2.39. The summed E-state index contributed by atoms with van der Waals surface area (Å²) in [4.78, 5) is 13.1. The van der Waals surface area contributed by atoms with Crippen molar-refractivity contribution >= 4 is 17.5 Å². The third kappa shape index (κ3) is 5.22. The molecule has 0 saturated heterocycles. The van der Waals surface area contributed by atoms with Gasteiger partial charge < -0.3 is 24.7 Å². The second kappa shape index (κ2) is 10.4. The largest absolute Gasteiger partial charge is 0.493 e. The van der Waals surface area contributed by atoms with Gasteiger partial charge in [-0.2, -0.15) is 0 Å². The number of hydrogen-bond donors (Lipinski definition) is 1. The number of anilines is 1. The molecule has 0 fully saturated rings. The maximum absolute atomic E-state index is 13.1. The van der Waals surface area contributed by atoms with Gasteiger partial charge in [0, 0.05) is 11.1 Å². The predicted octanol–water partition coefficient (Wildman–Crippen LogP) is 4.76. The Labute approximate surface area is 172 Å². The van der Waals surface area contributed by atoms with E-state index in [-0.39, 0.29) is 5.78 Å². The molecule has 0 aliphatic heterocycles. The first-order chi connectivity index (χ1) is 14.0. The summed E-state index contributed by atoms with van der Waals surface area (Å²) in [6, 6.07) is 8.76. The van der Waals surface area contributed by atoms with E-state index in [1.807, 2.05) is 32.1 Å². The first-order valence-electron chi connectivity index (χ1n) is 9.56. The van der Waals surface area contributed by atoms with Crippen LogP contribution in [0.25, 0.3) is 6.08 Å². The summed E-state index contributed by atoms with van der Waals surface area (Å²) in [6.45, 7) is 4.43. The normalized spacial score (nSPS) is 11.1. The maximum Gasteiger partial charge on any atom is 0.203 e. The molecule has 2 rings (SSSR count). The monoisotopic (exact) mass is 399 g/mol. The van der Waals surface area contributed by atoms with Crippen LogP contribution in [0.4, 0.5) is 5.69 Å². The van der Waals surface area contributed by atoms with Crippen LogP contribution in [0.1, 0.15) is 42.6 Å². The topological polar surface area (TPSA) is 80.0 Å². The molecule has 0 heterocycles. The molecule has 2 N–H and O–H groups in total. The fourth-order valence-corrected chi connectivity index (χ4v) is 3.07. The van der Waals surface area contributed by atoms with Gasteiger partial charge in [0.05, 0.1) is 33.6 Å². The lowest BCUT2D eigenvalue weighted by atomic mass is 9.96. The third-order valence-electron chi connectivity index (χ3n) is 4.41. The van der Waals surface area contributed by atoms with Gasteiger partial charge in [-0.05, 0) is 55.3 Å². The summed E-state index contributed by atoms with van der Waals surface area (Å²) in [5, 5.41) is 0. The molecule has 0 atom stereocenters. The van der Waals surface area contributed by atoms with Crippen LogP contribution >= 0.6 is 0 Å². The van der Waals surface area contributed by atoms with Crippen molar-refractivity contribution in [2.75, 3.05) is 33.7 Å². The molecule has 0 radical (unpaired) electrons. The summed E-state index contributed by atoms with van der Waals surface area (Å²) >= 11 is 0. The quantitative estimate of drug-likeness (QED) is 0.352. The Morgan fingerprint density at radius 2 is 1.62 bits per heavy atom. The molecule has 6 nitrogen and oxygen atoms in total. The number of ether oxygens (including phenoxy) is 4. The van der Waals surface area contributed by atoms with Gasteiger partial charge in [0.25, 0.3) is 0 Å². The van der Waals surface area contributed by atoms with Crippen LogP contribution in [0.3, 0.4) is 0 Å². The minimum Gasteiger partial charge on any atom is -0.493 e. The molecule has 0 aromatic heterocycles. The number of nitrogens with two attached hydrogens (primary N) is 1. The van der Waals surface area contributed by atoms with Crippen LogP contribution in [0.5, 0.6) is 23.0 Å². The number of benzene rings is 2. The van der Waals surface area contributed by atoms with E-state index in [9.17, 15) is 4.79 Å². The molecule has 2 aromatic carbocycles. The number of allylic oxidation sites excluding steroid dienone is 1. The Balaban J connectivity index is 2.46. The van der Waals surface area contributed by atoms with Gasteiger partial charge in [0.15, 0.2) is 17.3 Å². The minimum absolute atomic E-state index is 0.0737. The first kappa shape index (κ1) is 22.1. The molecule has 2 aromatic rings. The van der Waals surface area contributed by atoms with Crippen molar-refractivity contribution in [2.45, 2.75) is 26.7 Å². The molecule has 0 unspecified atom stereocenters. The number of hydrogen-bond acceptors (Lipinski definition) is 6. The van der Waals surface area contributed by atoms with Gasteiger partial charge >= 0.3 is 0 Å². The highest BCUT2D eigenvalue weighted by molar-refractivity contribution is 6.11. The van der Waals surface area contributed by atoms with Crippen LogP contribution in [-0.2, 0) is 0 Å². The van der Waals surface area contributed by atoms with Crippen LogP contribution in [0.15, 0.2) is 35.9 Å². The number of nitrogen functional groups attached to an aromatic ring is 1. The van der Waals surface area contributed by atoms with Crippen molar-refractivity contribution in [1.29, 1.82) is 0 Å². The number of methoxy groups -OCH3 is 3. The van der Waals surface area contributed by atoms with Crippen LogP contribution < -0.4 is 24.7 Å². The highest BCUT2D eigenvalue weighted by atomic mass is 16.5. The van der Waals surface area contributed by atoms with E-state index in [0.29, 0.717) is 52.8 Å². The first-order valence-corrected chi connectivity index (χ1v) is 9.56. The van der Waals surface area contributed by atoms with Crippen molar-refractivity contribution in [3.63, 3.8) is 0 Å². The van der Waals surface area contributed by atoms with Crippen LogP contribution in [-0.4, -0.2) is 33.7 Å². The maximum atomic E-state index is 13.1. The lowest BCUT2D eigenvalue weighted by Gasteiger charge is -2.14. The van der Waals surface area contributed by atoms with Crippen LogP contribution in [0.2, 0.25) is 0 Å². The second-order valence-corrected chi connectivity index (χ2v) is 6.39. The second-order valence-electron chi connectivity index (χ2n) is 6.39. The fraction of sp³-hybridized carbons (Fsp3) is 0.348. The minimum atomic E-state index is -0.0737. The van der Waals surface area contributed by atoms with E-state index < -0.39 is 0 Å². The SMILES string of the molecule is CCCC(=Cc1cc(OC)c(OC)c(OC)c1)C(=O)c1ccc(OCC)c(N)c1. The Morgan fingerprint density at radius 3 is 2.10 bits per heavy atom. The average Bonchev–Trinajstić information content (AvgIpc) is 2.73. The van der Waals surface area contributed by atoms with Gasteiger partial charge in [0.1, 0.15) is 5.75 Å². The third-order valence-corrected chi connectivity index (χ3v) is 4.41. The van der Waals surface area contributed by atoms with E-state index in [4.69, 9.17) is 24.7 Å². The zero-order valence-corrected chi connectivity index (χ0v) is 17.7. The molecule has 0 amide bonds. The molecule has 0 spiro atoms. The van der Waals surface area contributed by atoms with E-state index in [1.54, 1.807) is 39.5 Å². The summed E-state index contributed by atoms with van der Waals surface area (Å²) in [6.07, 6.45) is 3.31. The number of ketones is 1. The Kier molecular flexibility index (Phi) is 7.95. The molecule has 0 aliphatic carbocycles. The van der Waals surface area contributed by atoms with E-state index in [1.165, 1.54) is 0 Å². The standard InChI is InChI=1S/C23H29NO5/c1-6-8-16(22(25)17-9-10-19(29-7-2)18(24)14-17)11-15-12-20(26-3)23(28-5)21(13-15)27-4/h9-14H,6-8,24H2,1-5H3. The molecule has 156 valence electrons. The van der Waals surface area contributed by atoms with Crippen molar-refractivity contribution < 1.29 is 23.7 Å². The van der Waals surface area contributed by atoms with Crippen molar-refractivity contribution in [1.82, 2.24) is 0 Å². The molecule has 0 saturated carbocycles. The lowest BCUT2D eigenvalue weighted by molar-refractivity contribution is 0.103. The number of carbonyl (C=O) groups excluding carboxylic acids is 1. The van der Waals surface area contributed by atoms with E-state index in [0.717, 1.165) is 12.0 Å². The van der Waals surface area contributed by atoms with Gasteiger partial charge in [-0.25, -0.2) is 0 Å². The zero-order chi connectivity index (χ0) is 21.4. The Hall–Kier alpha value is -3.15. The van der Waals surface area contributed by atoms with Crippen molar-refractivity contribution in [3.8, 4) is 23.0 Å². The molecule has 6 heteroatoms. The smallest absolute Gasteiger partial charge is 0.203 e. The highest BCUT2D eigenvalue weighted by Gasteiger charge is 2.16. The van der Waals surface area contributed by atoms with Crippen LogP contribution in [0, 0.1) is 0 Å². The van der Waals surface area contributed by atoms with Gasteiger partial charge in [0.2, 0.25) is 5.75 Å². The average molecular weight is 399 g/mol. The lowest BCUT2D eigenvalue weighted by Crippen LogP contribution is -2.06. The van der Waals surface area contributed by atoms with Crippen molar-refractivity contribution in [3.05, 3.63) is 47.0 Å². The summed E-state index contributed by atoms with van der Waals surface area (Å²) in [7, 11) is 4.68. The molecule has 29 heavy (non-hydrogen) atoms. The van der Waals surface area contributed by atoms with Gasteiger partial charge in [-0.3, -0.25) is 4.79 Å². The Bertz CT molecular complexity index is 864. The summed E-state index contributed by atoms with van der Waals surface area (Å²) in [5.41, 5.74) is 8.47. The summed E-state index contributed by atoms with van der Waals surface area (Å²) < 4.78 is 21.6. The fourth-order valence-electron chi connectivity index (χ4n) is 3.07. The number of carbonyl (C=O) groups is 1. The summed E-state index contributed by atoms with van der Waals surface area (Å²) in [5.74, 6) is 2.08. The molecular formula is C23H29NO5. The van der Waals surface area contributed by atoms with Gasteiger partial charge in [-0.1, -0.05) is 13.3 Å². The van der Waals surface area contributed by atoms with E-state index in [2.05, 4.69) is 0 Å². The Morgan fingerprint density at radius 1 is 0.966 bits per heavy atom. The molecule has 0 aliphatic rings. The number of rotatable bonds is 10. The number of Topliss-reactive ketones (excluding diaryl/α,β-unsaturated/α-hetero) is 1. The predicted molar refractivity (Wildman–Crippen MR) is 115 cm³/mol. The van der Waals surface area contributed by atoms with Gasteiger partial charge in [-0.15, -0.1) is 0 Å². The van der Waals surface area contributed by atoms with E-state index >= 15 is 0 Å². The van der Waals surface area contributed by atoms with Crippen molar-refractivity contribution in [2.24, 2.45) is 0 Å². The molecule has 0 bridgehead atoms.